The second-order valence-corrected chi connectivity index (χ2v) is 9.47. The normalized spacial score (nSPS) is 11.6. The SMILES string of the molecule is CCCCCCCCc1sc2c(Br)sc(Br)c2c1F. The number of rotatable bonds is 7. The van der Waals surface area contributed by atoms with Crippen LogP contribution in [0.4, 0.5) is 4.39 Å². The molecular weight excluding hydrogens is 411 g/mol. The van der Waals surface area contributed by atoms with E-state index >= 15 is 0 Å². The predicted molar refractivity (Wildman–Crippen MR) is 92.1 cm³/mol. The fraction of sp³-hybridized carbons (Fsp3) is 0.571. The largest absolute Gasteiger partial charge is 0.205 e. The van der Waals surface area contributed by atoms with E-state index in [1.54, 1.807) is 22.7 Å². The van der Waals surface area contributed by atoms with Gasteiger partial charge >= 0.3 is 0 Å². The summed E-state index contributed by atoms with van der Waals surface area (Å²) in [6.45, 7) is 2.23. The fourth-order valence-electron chi connectivity index (χ4n) is 2.17. The minimum atomic E-state index is -0.0117. The summed E-state index contributed by atoms with van der Waals surface area (Å²) in [6, 6.07) is 0. The van der Waals surface area contributed by atoms with Crippen LogP contribution in [0.1, 0.15) is 50.3 Å². The van der Waals surface area contributed by atoms with Crippen molar-refractivity contribution in [1.29, 1.82) is 0 Å². The Hall–Kier alpha value is 0.550. The lowest BCUT2D eigenvalue weighted by atomic mass is 10.1. The molecule has 19 heavy (non-hydrogen) atoms. The number of aryl methyl sites for hydroxylation is 1. The maximum atomic E-state index is 14.3. The molecule has 5 heteroatoms. The van der Waals surface area contributed by atoms with Gasteiger partial charge in [-0.25, -0.2) is 4.39 Å². The first-order chi connectivity index (χ1) is 9.15. The first kappa shape index (κ1) is 15.9. The van der Waals surface area contributed by atoms with Gasteiger partial charge < -0.3 is 0 Å². The molecule has 0 aliphatic heterocycles. The lowest BCUT2D eigenvalue weighted by Crippen LogP contribution is -1.86. The van der Waals surface area contributed by atoms with Crippen molar-refractivity contribution in [3.05, 3.63) is 18.3 Å². The maximum Gasteiger partial charge on any atom is 0.146 e. The number of halogens is 3. The molecular formula is C14H17Br2FS2. The third-order valence-electron chi connectivity index (χ3n) is 3.23. The molecule has 0 atom stereocenters. The molecule has 0 aromatic carbocycles. The van der Waals surface area contributed by atoms with Crippen LogP contribution in [-0.2, 0) is 6.42 Å². The van der Waals surface area contributed by atoms with Crippen LogP contribution in [-0.4, -0.2) is 0 Å². The Balaban J connectivity index is 1.94. The standard InChI is InChI=1S/C14H17Br2FS2/c1-2-3-4-5-6-7-8-9-11(17)10-12(18-9)14(16)19-13(10)15/h2-8H2,1H3. The Kier molecular flexibility index (Phi) is 6.31. The highest BCUT2D eigenvalue weighted by Gasteiger charge is 2.18. The van der Waals surface area contributed by atoms with E-state index in [-0.39, 0.29) is 5.82 Å². The van der Waals surface area contributed by atoms with E-state index in [0.29, 0.717) is 0 Å². The zero-order chi connectivity index (χ0) is 13.8. The van der Waals surface area contributed by atoms with Gasteiger partial charge in [0.2, 0.25) is 0 Å². The predicted octanol–water partition coefficient (Wildman–Crippen LogP) is 7.53. The number of hydrogen-bond acceptors (Lipinski definition) is 2. The van der Waals surface area contributed by atoms with Gasteiger partial charge in [-0.3, -0.25) is 0 Å². The number of unbranched alkanes of at least 4 members (excludes halogenated alkanes) is 5. The van der Waals surface area contributed by atoms with Crippen LogP contribution >= 0.6 is 54.5 Å². The average molecular weight is 428 g/mol. The van der Waals surface area contributed by atoms with Gasteiger partial charge in [-0.1, -0.05) is 39.0 Å². The van der Waals surface area contributed by atoms with Crippen molar-refractivity contribution >= 4 is 64.6 Å². The second-order valence-electron chi connectivity index (χ2n) is 4.71. The molecule has 0 aliphatic carbocycles. The topological polar surface area (TPSA) is 0 Å². The van der Waals surface area contributed by atoms with E-state index in [9.17, 15) is 4.39 Å². The summed E-state index contributed by atoms with van der Waals surface area (Å²) in [5.41, 5.74) is 0. The molecule has 0 bridgehead atoms. The molecule has 0 amide bonds. The molecule has 0 unspecified atom stereocenters. The molecule has 106 valence electrons. The number of fused-ring (bicyclic) bond motifs is 1. The molecule has 0 saturated heterocycles. The maximum absolute atomic E-state index is 14.3. The van der Waals surface area contributed by atoms with E-state index in [1.807, 2.05) is 0 Å². The van der Waals surface area contributed by atoms with Gasteiger partial charge in [0.25, 0.3) is 0 Å². The van der Waals surface area contributed by atoms with Crippen molar-refractivity contribution in [2.24, 2.45) is 0 Å². The van der Waals surface area contributed by atoms with E-state index in [2.05, 4.69) is 38.8 Å². The van der Waals surface area contributed by atoms with Crippen LogP contribution in [0.3, 0.4) is 0 Å². The van der Waals surface area contributed by atoms with Crippen molar-refractivity contribution < 1.29 is 4.39 Å². The molecule has 0 fully saturated rings. The molecule has 2 aromatic heterocycles. The smallest absolute Gasteiger partial charge is 0.146 e. The van der Waals surface area contributed by atoms with Crippen LogP contribution in [0.25, 0.3) is 10.1 Å². The van der Waals surface area contributed by atoms with Crippen molar-refractivity contribution in [2.75, 3.05) is 0 Å². The van der Waals surface area contributed by atoms with Gasteiger partial charge in [0.05, 0.1) is 17.7 Å². The minimum Gasteiger partial charge on any atom is -0.205 e. The third kappa shape index (κ3) is 3.80. The lowest BCUT2D eigenvalue weighted by molar-refractivity contribution is 0.591. The lowest BCUT2D eigenvalue weighted by Gasteiger charge is -2.00. The first-order valence-corrected chi connectivity index (χ1v) is 9.91. The van der Waals surface area contributed by atoms with Crippen molar-refractivity contribution in [1.82, 2.24) is 0 Å². The summed E-state index contributed by atoms with van der Waals surface area (Å²) in [7, 11) is 0. The van der Waals surface area contributed by atoms with Gasteiger partial charge in [0, 0.05) is 4.88 Å². The second kappa shape index (κ2) is 7.53. The number of thiophene rings is 2. The van der Waals surface area contributed by atoms with E-state index in [4.69, 9.17) is 0 Å². The highest BCUT2D eigenvalue weighted by Crippen LogP contribution is 2.45. The van der Waals surface area contributed by atoms with E-state index in [1.165, 1.54) is 32.1 Å². The number of hydrogen-bond donors (Lipinski definition) is 0. The van der Waals surface area contributed by atoms with E-state index in [0.717, 1.165) is 35.4 Å². The molecule has 0 nitrogen and oxygen atoms in total. The Morgan fingerprint density at radius 2 is 1.63 bits per heavy atom. The Morgan fingerprint density at radius 3 is 2.32 bits per heavy atom. The third-order valence-corrected chi connectivity index (χ3v) is 7.39. The van der Waals surface area contributed by atoms with Crippen LogP contribution < -0.4 is 0 Å². The summed E-state index contributed by atoms with van der Waals surface area (Å²) in [6.07, 6.45) is 8.38. The fourth-order valence-corrected chi connectivity index (χ4v) is 6.76. The summed E-state index contributed by atoms with van der Waals surface area (Å²) in [5.74, 6) is -0.0117. The molecule has 0 radical (unpaired) electrons. The zero-order valence-corrected chi connectivity index (χ0v) is 15.7. The highest BCUT2D eigenvalue weighted by atomic mass is 79.9. The molecule has 2 heterocycles. The van der Waals surface area contributed by atoms with Gasteiger partial charge in [0.15, 0.2) is 0 Å². The Morgan fingerprint density at radius 1 is 0.947 bits per heavy atom. The molecule has 0 saturated carbocycles. The highest BCUT2D eigenvalue weighted by molar-refractivity contribution is 9.12. The van der Waals surface area contributed by atoms with Crippen LogP contribution in [0, 0.1) is 5.82 Å². The summed E-state index contributed by atoms with van der Waals surface area (Å²) in [5, 5.41) is 0.767. The summed E-state index contributed by atoms with van der Waals surface area (Å²) >= 11 is 10.1. The van der Waals surface area contributed by atoms with Gasteiger partial charge in [-0.2, -0.15) is 0 Å². The Labute approximate surface area is 138 Å². The zero-order valence-electron chi connectivity index (χ0n) is 10.9. The summed E-state index contributed by atoms with van der Waals surface area (Å²) < 4.78 is 17.3. The molecule has 2 rings (SSSR count). The van der Waals surface area contributed by atoms with E-state index < -0.39 is 0 Å². The molecule has 2 aromatic rings. The molecule has 0 spiro atoms. The Bertz CT molecular complexity index is 545. The average Bonchev–Trinajstić information content (AvgIpc) is 2.84. The van der Waals surface area contributed by atoms with Gasteiger partial charge in [-0.05, 0) is 44.7 Å². The quantitative estimate of drug-likeness (QED) is 0.400. The minimum absolute atomic E-state index is 0.0117. The van der Waals surface area contributed by atoms with Crippen molar-refractivity contribution in [3.8, 4) is 0 Å². The van der Waals surface area contributed by atoms with Gasteiger partial charge in [0.1, 0.15) is 5.82 Å². The van der Waals surface area contributed by atoms with Crippen LogP contribution in [0.2, 0.25) is 0 Å². The van der Waals surface area contributed by atoms with Crippen LogP contribution in [0.15, 0.2) is 7.57 Å². The van der Waals surface area contributed by atoms with Crippen molar-refractivity contribution in [2.45, 2.75) is 51.9 Å². The van der Waals surface area contributed by atoms with Gasteiger partial charge in [-0.15, -0.1) is 22.7 Å². The van der Waals surface area contributed by atoms with Crippen LogP contribution in [0.5, 0.6) is 0 Å². The van der Waals surface area contributed by atoms with Crippen molar-refractivity contribution in [3.63, 3.8) is 0 Å². The monoisotopic (exact) mass is 426 g/mol. The summed E-state index contributed by atoms with van der Waals surface area (Å²) in [4.78, 5) is 0.912. The molecule has 0 N–H and O–H groups in total. The first-order valence-electron chi connectivity index (χ1n) is 6.69. The molecule has 0 aliphatic rings.